The van der Waals surface area contributed by atoms with Gasteiger partial charge in [-0.2, -0.15) is 13.2 Å². The zero-order chi connectivity index (χ0) is 20.6. The van der Waals surface area contributed by atoms with E-state index in [-0.39, 0.29) is 5.69 Å². The lowest BCUT2D eigenvalue weighted by atomic mass is 10.0. The second kappa shape index (κ2) is 7.62. The first-order valence-corrected chi connectivity index (χ1v) is 9.44. The Balaban J connectivity index is 1.62. The van der Waals surface area contributed by atoms with Gasteiger partial charge in [-0.25, -0.2) is 14.2 Å². The third kappa shape index (κ3) is 4.19. The zero-order valence-corrected chi connectivity index (χ0v) is 15.5. The van der Waals surface area contributed by atoms with Crippen molar-refractivity contribution in [2.75, 3.05) is 19.6 Å². The van der Waals surface area contributed by atoms with Crippen LogP contribution in [0.1, 0.15) is 18.4 Å². The molecule has 0 saturated carbocycles. The van der Waals surface area contributed by atoms with Gasteiger partial charge in [0.25, 0.3) is 0 Å². The van der Waals surface area contributed by atoms with Gasteiger partial charge in [0.05, 0.1) is 11.1 Å². The maximum Gasteiger partial charge on any atom is 0.416 e. The molecular formula is C20H20F4N4O. The predicted molar refractivity (Wildman–Crippen MR) is 101 cm³/mol. The Hall–Kier alpha value is -2.68. The second-order valence-electron chi connectivity index (χ2n) is 7.27. The molecule has 154 valence electrons. The smallest absolute Gasteiger partial charge is 0.301 e. The third-order valence-electron chi connectivity index (χ3n) is 5.31. The monoisotopic (exact) mass is 408 g/mol. The van der Waals surface area contributed by atoms with Gasteiger partial charge in [0.2, 0.25) is 0 Å². The number of fused-ring (bicyclic) bond motifs is 1. The molecule has 29 heavy (non-hydrogen) atoms. The Bertz CT molecular complexity index is 1060. The number of H-pyrrole nitrogens is 1. The second-order valence-corrected chi connectivity index (χ2v) is 7.27. The number of nitrogens with one attached hydrogen (secondary N) is 1. The highest BCUT2D eigenvalue weighted by atomic mass is 19.4. The molecule has 3 aromatic rings. The number of aromatic amines is 1. The fraction of sp³-hybridized carbons (Fsp3) is 0.400. The van der Waals surface area contributed by atoms with E-state index in [4.69, 9.17) is 0 Å². The molecule has 0 unspecified atom stereocenters. The Morgan fingerprint density at radius 1 is 1.10 bits per heavy atom. The van der Waals surface area contributed by atoms with Crippen LogP contribution in [0.4, 0.5) is 17.6 Å². The molecule has 1 aliphatic heterocycles. The normalized spacial score (nSPS) is 16.6. The van der Waals surface area contributed by atoms with Crippen LogP contribution in [0.3, 0.4) is 0 Å². The van der Waals surface area contributed by atoms with Crippen LogP contribution in [-0.4, -0.2) is 45.2 Å². The fourth-order valence-electron chi connectivity index (χ4n) is 3.65. The minimum absolute atomic E-state index is 0.325. The van der Waals surface area contributed by atoms with Gasteiger partial charge < -0.3 is 4.90 Å². The Labute approximate surface area is 164 Å². The number of rotatable bonds is 4. The topological polar surface area (TPSA) is 53.9 Å². The molecule has 5 nitrogen and oxygen atoms in total. The van der Waals surface area contributed by atoms with Gasteiger partial charge in [-0.05, 0) is 36.6 Å². The van der Waals surface area contributed by atoms with E-state index in [1.54, 1.807) is 12.1 Å². The van der Waals surface area contributed by atoms with E-state index in [1.807, 2.05) is 0 Å². The molecule has 0 amide bonds. The Morgan fingerprint density at radius 2 is 1.86 bits per heavy atom. The number of halogens is 4. The molecule has 2 aromatic heterocycles. The number of piperidine rings is 1. The van der Waals surface area contributed by atoms with Crippen molar-refractivity contribution in [2.24, 2.45) is 0 Å². The minimum Gasteiger partial charge on any atom is -0.301 e. The van der Waals surface area contributed by atoms with Crippen molar-refractivity contribution in [3.8, 4) is 11.1 Å². The highest BCUT2D eigenvalue weighted by Crippen LogP contribution is 2.32. The number of hydrogen-bond acceptors (Lipinski definition) is 3. The number of benzene rings is 1. The van der Waals surface area contributed by atoms with E-state index in [9.17, 15) is 22.4 Å². The molecule has 1 saturated heterocycles. The lowest BCUT2D eigenvalue weighted by Crippen LogP contribution is -2.37. The largest absolute Gasteiger partial charge is 0.416 e. The number of pyridine rings is 1. The first-order chi connectivity index (χ1) is 13.8. The van der Waals surface area contributed by atoms with Crippen molar-refractivity contribution in [2.45, 2.75) is 31.7 Å². The number of likely N-dealkylation sites (tertiary alicyclic amines) is 1. The summed E-state index contributed by atoms with van der Waals surface area (Å²) in [5.74, 6) is 0. The van der Waals surface area contributed by atoms with Crippen molar-refractivity contribution >= 4 is 11.2 Å². The van der Waals surface area contributed by atoms with Gasteiger partial charge in [-0.3, -0.25) is 9.55 Å². The van der Waals surface area contributed by atoms with Crippen LogP contribution in [-0.2, 0) is 12.7 Å². The number of imidazole rings is 1. The summed E-state index contributed by atoms with van der Waals surface area (Å²) in [5, 5.41) is 0. The fourth-order valence-corrected chi connectivity index (χ4v) is 3.65. The van der Waals surface area contributed by atoms with E-state index in [0.717, 1.165) is 12.1 Å². The number of alkyl halides is 4. The van der Waals surface area contributed by atoms with Crippen LogP contribution >= 0.6 is 0 Å². The summed E-state index contributed by atoms with van der Waals surface area (Å²) in [6, 6.07) is 6.68. The number of aromatic nitrogens is 3. The van der Waals surface area contributed by atoms with Crippen molar-refractivity contribution in [3.63, 3.8) is 0 Å². The summed E-state index contributed by atoms with van der Waals surface area (Å²) in [6.45, 7) is 2.27. The summed E-state index contributed by atoms with van der Waals surface area (Å²) in [6.07, 6.45) is -2.77. The van der Waals surface area contributed by atoms with Gasteiger partial charge in [0.15, 0.2) is 5.65 Å². The highest BCUT2D eigenvalue weighted by molar-refractivity contribution is 5.78. The van der Waals surface area contributed by atoms with Gasteiger partial charge in [0, 0.05) is 37.9 Å². The van der Waals surface area contributed by atoms with Crippen LogP contribution in [0.2, 0.25) is 0 Å². The quantitative estimate of drug-likeness (QED) is 0.668. The van der Waals surface area contributed by atoms with Gasteiger partial charge in [-0.1, -0.05) is 12.1 Å². The van der Waals surface area contributed by atoms with E-state index >= 15 is 0 Å². The average molecular weight is 408 g/mol. The zero-order valence-electron chi connectivity index (χ0n) is 15.5. The van der Waals surface area contributed by atoms with Crippen LogP contribution in [0, 0.1) is 0 Å². The van der Waals surface area contributed by atoms with Crippen molar-refractivity contribution < 1.29 is 17.6 Å². The summed E-state index contributed by atoms with van der Waals surface area (Å²) in [5.41, 5.74) is 0.722. The Morgan fingerprint density at radius 3 is 2.59 bits per heavy atom. The minimum atomic E-state index is -4.43. The van der Waals surface area contributed by atoms with Crippen LogP contribution in [0.25, 0.3) is 22.3 Å². The van der Waals surface area contributed by atoms with Crippen molar-refractivity contribution in [1.29, 1.82) is 0 Å². The molecular weight excluding hydrogens is 388 g/mol. The molecule has 9 heteroatoms. The first-order valence-electron chi connectivity index (χ1n) is 9.44. The van der Waals surface area contributed by atoms with Crippen LogP contribution < -0.4 is 5.69 Å². The lowest BCUT2D eigenvalue weighted by molar-refractivity contribution is -0.137. The number of hydrogen-bond donors (Lipinski definition) is 1. The SMILES string of the molecule is O=c1[nH]c2ncc(-c3cccc(C(F)(F)F)c3)cc2n1CCN1CCC(F)CC1. The van der Waals surface area contributed by atoms with E-state index in [1.165, 1.54) is 16.8 Å². The maximum absolute atomic E-state index is 13.3. The molecule has 0 aliphatic carbocycles. The molecule has 0 atom stereocenters. The lowest BCUT2D eigenvalue weighted by Gasteiger charge is -2.28. The summed E-state index contributed by atoms with van der Waals surface area (Å²) < 4.78 is 53.8. The summed E-state index contributed by atoms with van der Waals surface area (Å²) >= 11 is 0. The van der Waals surface area contributed by atoms with Crippen LogP contribution in [0.15, 0.2) is 41.3 Å². The molecule has 3 heterocycles. The van der Waals surface area contributed by atoms with E-state index in [0.29, 0.717) is 61.3 Å². The molecule has 4 rings (SSSR count). The van der Waals surface area contributed by atoms with Gasteiger partial charge >= 0.3 is 11.9 Å². The van der Waals surface area contributed by atoms with E-state index < -0.39 is 17.9 Å². The molecule has 0 bridgehead atoms. The molecule has 1 fully saturated rings. The number of nitrogens with zero attached hydrogens (tertiary/aromatic N) is 3. The van der Waals surface area contributed by atoms with E-state index in [2.05, 4.69) is 14.9 Å². The molecule has 1 N–H and O–H groups in total. The third-order valence-corrected chi connectivity index (χ3v) is 5.31. The summed E-state index contributed by atoms with van der Waals surface area (Å²) in [7, 11) is 0. The average Bonchev–Trinajstić information content (AvgIpc) is 3.01. The maximum atomic E-state index is 13.3. The van der Waals surface area contributed by atoms with Gasteiger partial charge in [-0.15, -0.1) is 0 Å². The first kappa shape index (κ1) is 19.6. The molecule has 1 aromatic carbocycles. The van der Waals surface area contributed by atoms with Gasteiger partial charge in [0.1, 0.15) is 6.17 Å². The molecule has 0 spiro atoms. The highest BCUT2D eigenvalue weighted by Gasteiger charge is 2.30. The van der Waals surface area contributed by atoms with Crippen molar-refractivity contribution in [3.05, 3.63) is 52.6 Å². The molecule has 1 aliphatic rings. The Kier molecular flexibility index (Phi) is 5.16. The van der Waals surface area contributed by atoms with Crippen molar-refractivity contribution in [1.82, 2.24) is 19.4 Å². The summed E-state index contributed by atoms with van der Waals surface area (Å²) in [4.78, 5) is 21.3. The molecule has 0 radical (unpaired) electrons. The van der Waals surface area contributed by atoms with Crippen LogP contribution in [0.5, 0.6) is 0 Å². The predicted octanol–water partition coefficient (Wildman–Crippen LogP) is 3.84. The standard InChI is InChI=1S/C20H20F4N4O/c21-16-4-6-27(7-5-16)8-9-28-17-11-14(12-25-18(17)26-19(28)29)13-2-1-3-15(10-13)20(22,23)24/h1-3,10-12,16H,4-9H2,(H,25,26,29).